The predicted octanol–water partition coefficient (Wildman–Crippen LogP) is 9.42. The summed E-state index contributed by atoms with van der Waals surface area (Å²) in [6.07, 6.45) is 24.7. The molecule has 4 aliphatic rings. The third-order valence-corrected chi connectivity index (χ3v) is 13.6. The number of carboxylic acids is 1. The van der Waals surface area contributed by atoms with Gasteiger partial charge in [-0.2, -0.15) is 0 Å². The number of carbonyl (C=O) groups excluding carboxylic acids is 2. The fourth-order valence-electron chi connectivity index (χ4n) is 11.5. The van der Waals surface area contributed by atoms with Gasteiger partial charge in [0.2, 0.25) is 12.8 Å². The summed E-state index contributed by atoms with van der Waals surface area (Å²) in [5, 5.41) is 20.3. The van der Waals surface area contributed by atoms with E-state index in [0.717, 1.165) is 62.2 Å². The number of aryl methyl sites for hydroxylation is 1. The number of aliphatic hydroxyl groups is 1. The van der Waals surface area contributed by atoms with E-state index in [9.17, 15) is 9.90 Å². The molecule has 4 fully saturated rings. The van der Waals surface area contributed by atoms with Crippen LogP contribution in [0.3, 0.4) is 0 Å². The van der Waals surface area contributed by atoms with Gasteiger partial charge in [-0.3, -0.25) is 14.4 Å². The predicted molar refractivity (Wildman–Crippen MR) is 210 cm³/mol. The Morgan fingerprint density at radius 2 is 1.57 bits per heavy atom. The molecule has 2 amide bonds. The molecular weight excluding hydrogens is 636 g/mol. The molecule has 290 valence electrons. The van der Waals surface area contributed by atoms with Gasteiger partial charge < -0.3 is 21.7 Å². The second-order valence-corrected chi connectivity index (χ2v) is 17.1. The summed E-state index contributed by atoms with van der Waals surface area (Å²) < 4.78 is 0. The zero-order chi connectivity index (χ0) is 38.1. The SMILES string of the molecule is C=CC.CC(C)CCCC1(C)C(O)CCC2(C)C3CCC4(Cc5cccc(CCCCCCC(=O)O)c5)CCCC4C3CCC12.NC=O.NC=O. The first-order chi connectivity index (χ1) is 24.3. The molecule has 0 aliphatic heterocycles. The molecule has 51 heavy (non-hydrogen) atoms. The fourth-order valence-corrected chi connectivity index (χ4v) is 11.5. The molecule has 7 nitrogen and oxygen atoms in total. The standard InChI is InChI=1S/C39H62O3.C3H6.2CH3NO/c1-28(2)12-10-22-38(4)34-19-18-31-32(37(34,3)24-21-35(38)40)20-25-39(23-11-16-33(31)39)27-30-15-9-14-29(26-30)13-7-5-6-8-17-36(41)42;1-3-2;2*2-1-3/h9,14-15,26,28,31-35,40H,5-8,10-13,16-25,27H2,1-4H3,(H,41,42);3H,1H2,2H3;2*1H,(H2,2,3). The smallest absolute Gasteiger partial charge is 0.303 e. The van der Waals surface area contributed by atoms with E-state index in [2.05, 4.69) is 70.0 Å². The topological polar surface area (TPSA) is 144 Å². The summed E-state index contributed by atoms with van der Waals surface area (Å²) >= 11 is 0. The van der Waals surface area contributed by atoms with Crippen LogP contribution in [-0.2, 0) is 27.2 Å². The molecule has 0 bridgehead atoms. The highest BCUT2D eigenvalue weighted by molar-refractivity contribution is 5.66. The largest absolute Gasteiger partial charge is 0.481 e. The molecule has 8 unspecified atom stereocenters. The zero-order valence-electron chi connectivity index (χ0n) is 32.9. The second kappa shape index (κ2) is 21.8. The van der Waals surface area contributed by atoms with Gasteiger partial charge in [0.25, 0.3) is 0 Å². The lowest BCUT2D eigenvalue weighted by atomic mass is 9.40. The minimum absolute atomic E-state index is 0.0910. The average Bonchev–Trinajstić information content (AvgIpc) is 3.50. The lowest BCUT2D eigenvalue weighted by Gasteiger charge is -2.65. The number of aliphatic hydroxyl groups excluding tert-OH is 1. The van der Waals surface area contributed by atoms with Crippen molar-refractivity contribution in [2.75, 3.05) is 0 Å². The molecule has 5 rings (SSSR count). The molecule has 8 atom stereocenters. The molecule has 4 saturated carbocycles. The third kappa shape index (κ3) is 11.9. The summed E-state index contributed by atoms with van der Waals surface area (Å²) in [6, 6.07) is 9.51. The molecule has 1 aromatic rings. The van der Waals surface area contributed by atoms with Crippen LogP contribution in [0.2, 0.25) is 0 Å². The van der Waals surface area contributed by atoms with Gasteiger partial charge in [-0.05, 0) is 147 Å². The number of aliphatic carboxylic acids is 1. The van der Waals surface area contributed by atoms with Gasteiger partial charge in [-0.15, -0.1) is 6.58 Å². The van der Waals surface area contributed by atoms with E-state index in [0.29, 0.717) is 23.2 Å². The first kappa shape index (κ1) is 44.5. The summed E-state index contributed by atoms with van der Waals surface area (Å²) in [5.74, 6) is 3.37. The maximum absolute atomic E-state index is 11.4. The van der Waals surface area contributed by atoms with Crippen LogP contribution in [0.4, 0.5) is 0 Å². The Hall–Kier alpha value is -2.67. The molecule has 4 aliphatic carbocycles. The summed E-state index contributed by atoms with van der Waals surface area (Å²) in [4.78, 5) is 27.9. The van der Waals surface area contributed by atoms with Gasteiger partial charge in [0, 0.05) is 6.42 Å². The van der Waals surface area contributed by atoms with Gasteiger partial charge in [-0.25, -0.2) is 0 Å². The number of nitrogens with two attached hydrogens (primary N) is 2. The lowest BCUT2D eigenvalue weighted by molar-refractivity contribution is -0.185. The van der Waals surface area contributed by atoms with E-state index in [1.165, 1.54) is 82.6 Å². The number of allylic oxidation sites excluding steroid dienone is 1. The molecule has 6 N–H and O–H groups in total. The lowest BCUT2D eigenvalue weighted by Crippen LogP contribution is -2.60. The molecule has 0 heterocycles. The minimum atomic E-state index is -0.670. The number of hydrogen-bond acceptors (Lipinski definition) is 4. The number of benzene rings is 1. The monoisotopic (exact) mass is 711 g/mol. The number of hydrogen-bond donors (Lipinski definition) is 4. The average molecular weight is 711 g/mol. The van der Waals surface area contributed by atoms with Crippen molar-refractivity contribution in [1.29, 1.82) is 0 Å². The first-order valence-electron chi connectivity index (χ1n) is 20.2. The van der Waals surface area contributed by atoms with Crippen molar-refractivity contribution in [3.8, 4) is 0 Å². The maximum atomic E-state index is 11.4. The van der Waals surface area contributed by atoms with Crippen molar-refractivity contribution in [3.05, 3.63) is 48.0 Å². The fraction of sp³-hybridized carbons (Fsp3) is 0.750. The van der Waals surface area contributed by atoms with Crippen LogP contribution in [0.25, 0.3) is 0 Å². The number of carboxylic acid groups (broad SMARTS) is 1. The summed E-state index contributed by atoms with van der Waals surface area (Å²) in [7, 11) is 0. The summed E-state index contributed by atoms with van der Waals surface area (Å²) in [6.45, 7) is 15.1. The van der Waals surface area contributed by atoms with Crippen LogP contribution >= 0.6 is 0 Å². The Kier molecular flexibility index (Phi) is 19.0. The number of rotatable bonds is 13. The van der Waals surface area contributed by atoms with E-state index in [-0.39, 0.29) is 24.3 Å². The van der Waals surface area contributed by atoms with Gasteiger partial charge in [0.1, 0.15) is 0 Å². The Morgan fingerprint density at radius 1 is 0.922 bits per heavy atom. The van der Waals surface area contributed by atoms with Gasteiger partial charge in [0.15, 0.2) is 0 Å². The van der Waals surface area contributed by atoms with Gasteiger partial charge in [-0.1, -0.05) is 90.1 Å². The van der Waals surface area contributed by atoms with Crippen LogP contribution in [0.15, 0.2) is 36.9 Å². The number of carbonyl (C=O) groups is 3. The van der Waals surface area contributed by atoms with Crippen molar-refractivity contribution in [1.82, 2.24) is 0 Å². The Labute approximate surface area is 310 Å². The van der Waals surface area contributed by atoms with Crippen LogP contribution < -0.4 is 11.5 Å². The van der Waals surface area contributed by atoms with E-state index in [1.807, 2.05) is 6.92 Å². The molecule has 7 heteroatoms. The van der Waals surface area contributed by atoms with Crippen LogP contribution in [0.5, 0.6) is 0 Å². The highest BCUT2D eigenvalue weighted by atomic mass is 16.4. The van der Waals surface area contributed by atoms with Crippen LogP contribution in [-0.4, -0.2) is 35.1 Å². The number of amides is 2. The van der Waals surface area contributed by atoms with Crippen molar-refractivity contribution in [2.24, 2.45) is 57.3 Å². The molecular formula is C44H74N2O5. The minimum Gasteiger partial charge on any atom is -0.481 e. The van der Waals surface area contributed by atoms with Crippen molar-refractivity contribution < 1.29 is 24.6 Å². The van der Waals surface area contributed by atoms with Crippen molar-refractivity contribution >= 4 is 18.8 Å². The van der Waals surface area contributed by atoms with Crippen LogP contribution in [0, 0.1) is 45.8 Å². The first-order valence-corrected chi connectivity index (χ1v) is 20.2. The quantitative estimate of drug-likeness (QED) is 0.0916. The number of unbranched alkanes of at least 4 members (excludes halogenated alkanes) is 3. The molecule has 0 spiro atoms. The molecule has 0 aromatic heterocycles. The molecule has 0 saturated heterocycles. The Bertz CT molecular complexity index is 1190. The van der Waals surface area contributed by atoms with E-state index < -0.39 is 5.97 Å². The molecule has 0 radical (unpaired) electrons. The Morgan fingerprint density at radius 3 is 2.22 bits per heavy atom. The normalized spacial score (nSPS) is 31.8. The highest BCUT2D eigenvalue weighted by Gasteiger charge is 2.63. The molecule has 1 aromatic carbocycles. The van der Waals surface area contributed by atoms with Crippen molar-refractivity contribution in [3.63, 3.8) is 0 Å². The maximum Gasteiger partial charge on any atom is 0.303 e. The van der Waals surface area contributed by atoms with Gasteiger partial charge >= 0.3 is 5.97 Å². The van der Waals surface area contributed by atoms with Gasteiger partial charge in [0.05, 0.1) is 6.10 Å². The Balaban J connectivity index is 0.000000908. The second-order valence-electron chi connectivity index (χ2n) is 17.1. The highest BCUT2D eigenvalue weighted by Crippen LogP contribution is 2.69. The van der Waals surface area contributed by atoms with E-state index in [1.54, 1.807) is 11.6 Å². The summed E-state index contributed by atoms with van der Waals surface area (Å²) in [5.41, 5.74) is 12.3. The third-order valence-electron chi connectivity index (χ3n) is 13.6. The van der Waals surface area contributed by atoms with Crippen LogP contribution in [0.1, 0.15) is 155 Å². The number of fused-ring (bicyclic) bond motifs is 5. The van der Waals surface area contributed by atoms with E-state index in [4.69, 9.17) is 14.7 Å². The zero-order valence-corrected chi connectivity index (χ0v) is 32.9. The van der Waals surface area contributed by atoms with E-state index >= 15 is 0 Å². The van der Waals surface area contributed by atoms with Crippen molar-refractivity contribution in [2.45, 2.75) is 163 Å². The number of primary amides is 2.